The summed E-state index contributed by atoms with van der Waals surface area (Å²) in [5.74, 6) is 0.908. The van der Waals surface area contributed by atoms with E-state index in [1.54, 1.807) is 0 Å². The van der Waals surface area contributed by atoms with E-state index in [0.717, 1.165) is 5.75 Å². The SMILES string of the molecule is CNC(C)c1ccc(OCc2ccc(I)cc2)cc1. The smallest absolute Gasteiger partial charge is 0.119 e. The Morgan fingerprint density at radius 3 is 2.26 bits per heavy atom. The van der Waals surface area contributed by atoms with Gasteiger partial charge in [0.05, 0.1) is 0 Å². The molecule has 2 aromatic rings. The number of halogens is 1. The first-order chi connectivity index (χ1) is 9.19. The van der Waals surface area contributed by atoms with Gasteiger partial charge in [-0.2, -0.15) is 0 Å². The topological polar surface area (TPSA) is 21.3 Å². The van der Waals surface area contributed by atoms with Crippen molar-refractivity contribution < 1.29 is 4.74 Å². The van der Waals surface area contributed by atoms with Gasteiger partial charge in [-0.25, -0.2) is 0 Å². The van der Waals surface area contributed by atoms with Gasteiger partial charge in [0.25, 0.3) is 0 Å². The highest BCUT2D eigenvalue weighted by Crippen LogP contribution is 2.18. The van der Waals surface area contributed by atoms with Gasteiger partial charge in [-0.3, -0.25) is 0 Å². The lowest BCUT2D eigenvalue weighted by Crippen LogP contribution is -2.11. The quantitative estimate of drug-likeness (QED) is 0.802. The van der Waals surface area contributed by atoms with Gasteiger partial charge >= 0.3 is 0 Å². The Morgan fingerprint density at radius 1 is 1.05 bits per heavy atom. The van der Waals surface area contributed by atoms with E-state index in [9.17, 15) is 0 Å². The van der Waals surface area contributed by atoms with E-state index in [4.69, 9.17) is 4.74 Å². The summed E-state index contributed by atoms with van der Waals surface area (Å²) in [5, 5.41) is 3.22. The van der Waals surface area contributed by atoms with Gasteiger partial charge in [0.2, 0.25) is 0 Å². The van der Waals surface area contributed by atoms with E-state index in [2.05, 4.69) is 71.2 Å². The molecule has 1 N–H and O–H groups in total. The van der Waals surface area contributed by atoms with Crippen molar-refractivity contribution in [3.63, 3.8) is 0 Å². The Balaban J connectivity index is 1.94. The van der Waals surface area contributed by atoms with Gasteiger partial charge < -0.3 is 10.1 Å². The van der Waals surface area contributed by atoms with Crippen molar-refractivity contribution in [1.29, 1.82) is 0 Å². The predicted molar refractivity (Wildman–Crippen MR) is 87.4 cm³/mol. The summed E-state index contributed by atoms with van der Waals surface area (Å²) in [7, 11) is 1.96. The molecular weight excluding hydrogens is 349 g/mol. The Hall–Kier alpha value is -1.07. The molecule has 1 atom stereocenters. The summed E-state index contributed by atoms with van der Waals surface area (Å²) in [6.45, 7) is 2.75. The zero-order valence-electron chi connectivity index (χ0n) is 11.2. The molecule has 0 aliphatic carbocycles. The van der Waals surface area contributed by atoms with Gasteiger partial charge in [0, 0.05) is 9.61 Å². The minimum Gasteiger partial charge on any atom is -0.489 e. The van der Waals surface area contributed by atoms with Crippen LogP contribution in [0.5, 0.6) is 5.75 Å². The summed E-state index contributed by atoms with van der Waals surface area (Å²) >= 11 is 2.30. The molecule has 0 saturated carbocycles. The van der Waals surface area contributed by atoms with Crippen molar-refractivity contribution in [1.82, 2.24) is 5.32 Å². The fraction of sp³-hybridized carbons (Fsp3) is 0.250. The van der Waals surface area contributed by atoms with E-state index in [0.29, 0.717) is 12.6 Å². The number of hydrogen-bond donors (Lipinski definition) is 1. The van der Waals surface area contributed by atoms with Crippen molar-refractivity contribution in [2.45, 2.75) is 19.6 Å². The van der Waals surface area contributed by atoms with Crippen molar-refractivity contribution in [2.24, 2.45) is 0 Å². The van der Waals surface area contributed by atoms with Crippen LogP contribution < -0.4 is 10.1 Å². The van der Waals surface area contributed by atoms with E-state index < -0.39 is 0 Å². The Bertz CT molecular complexity index is 507. The van der Waals surface area contributed by atoms with Gasteiger partial charge in [0.15, 0.2) is 0 Å². The lowest BCUT2D eigenvalue weighted by Gasteiger charge is -2.12. The molecule has 0 fully saturated rings. The second kappa shape index (κ2) is 6.91. The molecule has 2 aromatic carbocycles. The van der Waals surface area contributed by atoms with E-state index in [1.165, 1.54) is 14.7 Å². The van der Waals surface area contributed by atoms with Gasteiger partial charge in [-0.1, -0.05) is 24.3 Å². The van der Waals surface area contributed by atoms with Crippen LogP contribution in [0.15, 0.2) is 48.5 Å². The maximum absolute atomic E-state index is 5.78. The summed E-state index contributed by atoms with van der Waals surface area (Å²) < 4.78 is 7.02. The Labute approximate surface area is 128 Å². The monoisotopic (exact) mass is 367 g/mol. The van der Waals surface area contributed by atoms with Crippen molar-refractivity contribution in [2.75, 3.05) is 7.05 Å². The molecule has 0 amide bonds. The summed E-state index contributed by atoms with van der Waals surface area (Å²) in [6.07, 6.45) is 0. The van der Waals surface area contributed by atoms with Gasteiger partial charge in [-0.15, -0.1) is 0 Å². The van der Waals surface area contributed by atoms with Gasteiger partial charge in [-0.05, 0) is 72.0 Å². The minimum absolute atomic E-state index is 0.366. The summed E-state index contributed by atoms with van der Waals surface area (Å²) in [4.78, 5) is 0. The van der Waals surface area contributed by atoms with Crippen LogP contribution in [0, 0.1) is 3.57 Å². The van der Waals surface area contributed by atoms with Crippen LogP contribution in [0.2, 0.25) is 0 Å². The Kier molecular flexibility index (Phi) is 5.22. The summed E-state index contributed by atoms with van der Waals surface area (Å²) in [6, 6.07) is 17.0. The average molecular weight is 367 g/mol. The van der Waals surface area contributed by atoms with Crippen molar-refractivity contribution >= 4 is 22.6 Å². The standard InChI is InChI=1S/C16H18INO/c1-12(18-2)14-5-9-16(10-6-14)19-11-13-3-7-15(17)8-4-13/h3-10,12,18H,11H2,1-2H3. The zero-order valence-corrected chi connectivity index (χ0v) is 13.3. The normalized spacial score (nSPS) is 12.2. The predicted octanol–water partition coefficient (Wildman–Crippen LogP) is 4.15. The molecule has 0 saturated heterocycles. The lowest BCUT2D eigenvalue weighted by molar-refractivity contribution is 0.306. The molecule has 2 rings (SSSR count). The first kappa shape index (κ1) is 14.3. The molecular formula is C16H18INO. The molecule has 0 bridgehead atoms. The van der Waals surface area contributed by atoms with E-state index >= 15 is 0 Å². The molecule has 0 spiro atoms. The highest BCUT2D eigenvalue weighted by molar-refractivity contribution is 14.1. The third-order valence-electron chi connectivity index (χ3n) is 3.13. The highest BCUT2D eigenvalue weighted by Gasteiger charge is 2.02. The van der Waals surface area contributed by atoms with Crippen LogP contribution in [0.3, 0.4) is 0 Å². The molecule has 1 unspecified atom stereocenters. The van der Waals surface area contributed by atoms with Gasteiger partial charge in [0.1, 0.15) is 12.4 Å². The molecule has 0 aliphatic rings. The number of benzene rings is 2. The fourth-order valence-corrected chi connectivity index (χ4v) is 2.13. The Morgan fingerprint density at radius 2 is 1.68 bits per heavy atom. The summed E-state index contributed by atoms with van der Waals surface area (Å²) in [5.41, 5.74) is 2.46. The first-order valence-electron chi connectivity index (χ1n) is 6.33. The maximum atomic E-state index is 5.78. The van der Waals surface area contributed by atoms with Crippen LogP contribution in [-0.2, 0) is 6.61 Å². The van der Waals surface area contributed by atoms with Crippen LogP contribution in [0.25, 0.3) is 0 Å². The lowest BCUT2D eigenvalue weighted by atomic mass is 10.1. The molecule has 100 valence electrons. The molecule has 3 heteroatoms. The number of rotatable bonds is 5. The third-order valence-corrected chi connectivity index (χ3v) is 3.85. The molecule has 0 heterocycles. The third kappa shape index (κ3) is 4.21. The second-order valence-electron chi connectivity index (χ2n) is 4.49. The number of ether oxygens (including phenoxy) is 1. The molecule has 0 aromatic heterocycles. The molecule has 19 heavy (non-hydrogen) atoms. The van der Waals surface area contributed by atoms with Crippen LogP contribution in [0.4, 0.5) is 0 Å². The molecule has 2 nitrogen and oxygen atoms in total. The van der Waals surface area contributed by atoms with Crippen LogP contribution in [0.1, 0.15) is 24.1 Å². The van der Waals surface area contributed by atoms with Crippen LogP contribution >= 0.6 is 22.6 Å². The number of hydrogen-bond acceptors (Lipinski definition) is 2. The average Bonchev–Trinajstić information content (AvgIpc) is 2.46. The van der Waals surface area contributed by atoms with E-state index in [-0.39, 0.29) is 0 Å². The van der Waals surface area contributed by atoms with E-state index in [1.807, 2.05) is 19.2 Å². The largest absolute Gasteiger partial charge is 0.489 e. The fourth-order valence-electron chi connectivity index (χ4n) is 1.77. The number of nitrogens with one attached hydrogen (secondary N) is 1. The second-order valence-corrected chi connectivity index (χ2v) is 5.74. The maximum Gasteiger partial charge on any atom is 0.119 e. The highest BCUT2D eigenvalue weighted by atomic mass is 127. The molecule has 0 aliphatic heterocycles. The zero-order chi connectivity index (χ0) is 13.7. The van der Waals surface area contributed by atoms with Crippen LogP contribution in [-0.4, -0.2) is 7.05 Å². The minimum atomic E-state index is 0.366. The molecule has 0 radical (unpaired) electrons. The van der Waals surface area contributed by atoms with Crippen molar-refractivity contribution in [3.8, 4) is 5.75 Å². The first-order valence-corrected chi connectivity index (χ1v) is 7.41. The van der Waals surface area contributed by atoms with Crippen molar-refractivity contribution in [3.05, 3.63) is 63.2 Å².